The Kier molecular flexibility index (Phi) is 3.67. The van der Waals surface area contributed by atoms with Gasteiger partial charge in [0.1, 0.15) is 16.6 Å². The molecule has 0 aromatic carbocycles. The van der Waals surface area contributed by atoms with Crippen LogP contribution in [-0.4, -0.2) is 33.2 Å². The summed E-state index contributed by atoms with van der Waals surface area (Å²) in [6.07, 6.45) is 3.28. The van der Waals surface area contributed by atoms with Crippen LogP contribution in [0.5, 0.6) is 0 Å². The Morgan fingerprint density at radius 2 is 2.20 bits per heavy atom. The SMILES string of the molecule is Cc1nc(C2CC(O)C2)cc(N(C)Cc2nccs2)n1. The van der Waals surface area contributed by atoms with Gasteiger partial charge in [-0.2, -0.15) is 0 Å². The summed E-state index contributed by atoms with van der Waals surface area (Å²) in [5.41, 5.74) is 1.05. The molecule has 0 atom stereocenters. The molecule has 1 N–H and O–H groups in total. The first-order chi connectivity index (χ1) is 9.61. The minimum atomic E-state index is -0.160. The molecule has 1 saturated carbocycles. The minimum absolute atomic E-state index is 0.160. The van der Waals surface area contributed by atoms with Gasteiger partial charge in [0.25, 0.3) is 0 Å². The monoisotopic (exact) mass is 290 g/mol. The van der Waals surface area contributed by atoms with Crippen molar-refractivity contribution in [2.75, 3.05) is 11.9 Å². The van der Waals surface area contributed by atoms with Gasteiger partial charge >= 0.3 is 0 Å². The Balaban J connectivity index is 1.78. The van der Waals surface area contributed by atoms with Crippen LogP contribution < -0.4 is 4.90 Å². The number of hydrogen-bond donors (Lipinski definition) is 1. The maximum absolute atomic E-state index is 9.44. The van der Waals surface area contributed by atoms with E-state index in [4.69, 9.17) is 0 Å². The molecule has 1 fully saturated rings. The van der Waals surface area contributed by atoms with E-state index in [1.54, 1.807) is 11.3 Å². The molecule has 20 heavy (non-hydrogen) atoms. The van der Waals surface area contributed by atoms with E-state index in [9.17, 15) is 5.11 Å². The van der Waals surface area contributed by atoms with Gasteiger partial charge in [-0.15, -0.1) is 11.3 Å². The number of aryl methyl sites for hydroxylation is 1. The van der Waals surface area contributed by atoms with Crippen LogP contribution in [-0.2, 0) is 6.54 Å². The molecule has 0 unspecified atom stereocenters. The topological polar surface area (TPSA) is 62.1 Å². The van der Waals surface area contributed by atoms with E-state index in [0.717, 1.165) is 41.7 Å². The quantitative estimate of drug-likeness (QED) is 0.934. The third-order valence-corrected chi connectivity index (χ3v) is 4.39. The van der Waals surface area contributed by atoms with Crippen molar-refractivity contribution in [1.29, 1.82) is 0 Å². The number of rotatable bonds is 4. The highest BCUT2D eigenvalue weighted by atomic mass is 32.1. The standard InChI is InChI=1S/C14H18N4OS/c1-9-16-12(10-5-11(19)6-10)7-13(17-9)18(2)8-14-15-3-4-20-14/h3-4,7,10-11,19H,5-6,8H2,1-2H3. The lowest BCUT2D eigenvalue weighted by atomic mass is 9.80. The van der Waals surface area contributed by atoms with Crippen LogP contribution in [0.3, 0.4) is 0 Å². The normalized spacial score (nSPS) is 21.6. The third kappa shape index (κ3) is 2.81. The molecule has 6 heteroatoms. The Morgan fingerprint density at radius 3 is 2.85 bits per heavy atom. The van der Waals surface area contributed by atoms with E-state index in [2.05, 4.69) is 19.9 Å². The molecule has 0 aliphatic heterocycles. The van der Waals surface area contributed by atoms with Crippen LogP contribution in [0, 0.1) is 6.92 Å². The van der Waals surface area contributed by atoms with Gasteiger partial charge in [0.2, 0.25) is 0 Å². The molecule has 1 aliphatic carbocycles. The van der Waals surface area contributed by atoms with Crippen LogP contribution in [0.15, 0.2) is 17.6 Å². The molecular formula is C14H18N4OS. The number of anilines is 1. The van der Waals surface area contributed by atoms with E-state index >= 15 is 0 Å². The molecule has 1 aliphatic rings. The van der Waals surface area contributed by atoms with Crippen molar-refractivity contribution in [1.82, 2.24) is 15.0 Å². The molecule has 3 rings (SSSR count). The van der Waals surface area contributed by atoms with E-state index in [0.29, 0.717) is 5.92 Å². The molecule has 2 aromatic heterocycles. The van der Waals surface area contributed by atoms with Gasteiger partial charge in [0, 0.05) is 36.3 Å². The fraction of sp³-hybridized carbons (Fsp3) is 0.500. The molecule has 0 bridgehead atoms. The first-order valence-electron chi connectivity index (χ1n) is 6.75. The van der Waals surface area contributed by atoms with Gasteiger partial charge in [-0.25, -0.2) is 15.0 Å². The van der Waals surface area contributed by atoms with Crippen molar-refractivity contribution in [3.63, 3.8) is 0 Å². The molecule has 106 valence electrons. The van der Waals surface area contributed by atoms with Crippen LogP contribution in [0.4, 0.5) is 5.82 Å². The zero-order valence-corrected chi connectivity index (χ0v) is 12.5. The second-order valence-corrected chi connectivity index (χ2v) is 6.28. The average molecular weight is 290 g/mol. The highest BCUT2D eigenvalue weighted by Crippen LogP contribution is 2.36. The van der Waals surface area contributed by atoms with Crippen LogP contribution in [0.1, 0.15) is 35.3 Å². The number of aliphatic hydroxyl groups is 1. The molecule has 5 nitrogen and oxygen atoms in total. The Bertz CT molecular complexity index is 581. The molecule has 2 heterocycles. The number of thiazole rings is 1. The van der Waals surface area contributed by atoms with Crippen LogP contribution in [0.2, 0.25) is 0 Å². The fourth-order valence-corrected chi connectivity index (χ4v) is 3.09. The summed E-state index contributed by atoms with van der Waals surface area (Å²) in [5, 5.41) is 12.5. The van der Waals surface area contributed by atoms with Crippen molar-refractivity contribution < 1.29 is 5.11 Å². The second kappa shape index (κ2) is 5.46. The van der Waals surface area contributed by atoms with Gasteiger partial charge in [-0.1, -0.05) is 0 Å². The number of aliphatic hydroxyl groups excluding tert-OH is 1. The summed E-state index contributed by atoms with van der Waals surface area (Å²) in [7, 11) is 2.02. The maximum atomic E-state index is 9.44. The van der Waals surface area contributed by atoms with Gasteiger partial charge in [-0.05, 0) is 19.8 Å². The predicted molar refractivity (Wildman–Crippen MR) is 79.0 cm³/mol. The zero-order chi connectivity index (χ0) is 14.1. The number of hydrogen-bond acceptors (Lipinski definition) is 6. The van der Waals surface area contributed by atoms with Crippen molar-refractivity contribution in [3.05, 3.63) is 34.2 Å². The second-order valence-electron chi connectivity index (χ2n) is 5.30. The first-order valence-corrected chi connectivity index (χ1v) is 7.63. The highest BCUT2D eigenvalue weighted by Gasteiger charge is 2.30. The summed E-state index contributed by atoms with van der Waals surface area (Å²) in [6, 6.07) is 2.04. The summed E-state index contributed by atoms with van der Waals surface area (Å²) < 4.78 is 0. The fourth-order valence-electron chi connectivity index (χ4n) is 2.42. The molecule has 0 saturated heterocycles. The highest BCUT2D eigenvalue weighted by molar-refractivity contribution is 7.09. The lowest BCUT2D eigenvalue weighted by molar-refractivity contribution is 0.0731. The Hall–Kier alpha value is -1.53. The van der Waals surface area contributed by atoms with Crippen molar-refractivity contribution in [3.8, 4) is 0 Å². The molecular weight excluding hydrogens is 272 g/mol. The van der Waals surface area contributed by atoms with Gasteiger partial charge in [0.15, 0.2) is 0 Å². The van der Waals surface area contributed by atoms with E-state index in [1.807, 2.05) is 31.6 Å². The van der Waals surface area contributed by atoms with Gasteiger partial charge in [-0.3, -0.25) is 0 Å². The van der Waals surface area contributed by atoms with Crippen LogP contribution in [0.25, 0.3) is 0 Å². The lowest BCUT2D eigenvalue weighted by Gasteiger charge is -2.31. The van der Waals surface area contributed by atoms with Gasteiger partial charge in [0.05, 0.1) is 12.6 Å². The predicted octanol–water partition coefficient (Wildman–Crippen LogP) is 2.12. The zero-order valence-electron chi connectivity index (χ0n) is 11.7. The number of nitrogens with zero attached hydrogens (tertiary/aromatic N) is 4. The summed E-state index contributed by atoms with van der Waals surface area (Å²) in [4.78, 5) is 15.4. The van der Waals surface area contributed by atoms with E-state index in [-0.39, 0.29) is 6.10 Å². The minimum Gasteiger partial charge on any atom is -0.393 e. The molecule has 0 spiro atoms. The average Bonchev–Trinajstić information content (AvgIpc) is 2.87. The lowest BCUT2D eigenvalue weighted by Crippen LogP contribution is -2.28. The van der Waals surface area contributed by atoms with Crippen LogP contribution >= 0.6 is 11.3 Å². The largest absolute Gasteiger partial charge is 0.393 e. The van der Waals surface area contributed by atoms with Gasteiger partial charge < -0.3 is 10.0 Å². The third-order valence-electron chi connectivity index (χ3n) is 3.62. The molecule has 2 aromatic rings. The van der Waals surface area contributed by atoms with E-state index in [1.165, 1.54) is 0 Å². The summed E-state index contributed by atoms with van der Waals surface area (Å²) in [6.45, 7) is 2.67. The maximum Gasteiger partial charge on any atom is 0.132 e. The Morgan fingerprint density at radius 1 is 1.40 bits per heavy atom. The smallest absolute Gasteiger partial charge is 0.132 e. The molecule has 0 amide bonds. The summed E-state index contributed by atoms with van der Waals surface area (Å²) in [5.74, 6) is 2.08. The number of aromatic nitrogens is 3. The summed E-state index contributed by atoms with van der Waals surface area (Å²) >= 11 is 1.65. The Labute approximate surface area is 122 Å². The van der Waals surface area contributed by atoms with Crippen molar-refractivity contribution >= 4 is 17.2 Å². The van der Waals surface area contributed by atoms with E-state index < -0.39 is 0 Å². The van der Waals surface area contributed by atoms with Crippen molar-refractivity contribution in [2.24, 2.45) is 0 Å². The van der Waals surface area contributed by atoms with Crippen molar-refractivity contribution in [2.45, 2.75) is 38.3 Å². The molecule has 0 radical (unpaired) electrons. The first kappa shape index (κ1) is 13.5.